The molecule has 0 N–H and O–H groups in total. The third-order valence-electron chi connectivity index (χ3n) is 30.0. The van der Waals surface area contributed by atoms with Gasteiger partial charge in [-0.2, -0.15) is 0 Å². The van der Waals surface area contributed by atoms with E-state index in [-0.39, 0.29) is 67.4 Å². The third kappa shape index (κ3) is 9.29. The molecule has 0 aromatic rings. The van der Waals surface area contributed by atoms with Gasteiger partial charge >= 0.3 is 29.8 Å². The molecule has 0 amide bonds. The van der Waals surface area contributed by atoms with Crippen LogP contribution in [-0.4, -0.2) is 57.9 Å². The highest BCUT2D eigenvalue weighted by Gasteiger charge is 2.63. The minimum Gasteiger partial charge on any atom is -0.459 e. The third-order valence-corrected chi connectivity index (χ3v) is 30.0. The number of carbonyl (C=O) groups excluding carboxylic acids is 5. The summed E-state index contributed by atoms with van der Waals surface area (Å²) in [4.78, 5) is 77.7. The molecule has 0 heterocycles. The zero-order chi connectivity index (χ0) is 56.6. The smallest absolute Gasteiger partial charge is 0.309 e. The Balaban J connectivity index is 0.759. The summed E-state index contributed by atoms with van der Waals surface area (Å²) in [6.45, 7) is 15.0. The molecule has 5 atom stereocenters. The normalized spacial score (nSPS) is 51.4. The Labute approximate surface area is 492 Å². The number of esters is 5. The van der Waals surface area contributed by atoms with Crippen LogP contribution in [0.1, 0.15) is 241 Å². The van der Waals surface area contributed by atoms with E-state index in [0.717, 1.165) is 152 Å². The lowest BCUT2D eigenvalue weighted by atomic mass is 9.50. The fraction of sp³-hybridized carbons (Fsp3) is 0.931. The molecular weight excluding hydrogens is 1020 g/mol. The average molecular weight is 1130 g/mol. The van der Waals surface area contributed by atoms with Crippen LogP contribution in [0.4, 0.5) is 0 Å². The summed E-state index contributed by atoms with van der Waals surface area (Å²) in [6, 6.07) is 0. The van der Waals surface area contributed by atoms with E-state index in [1.165, 1.54) is 32.1 Å². The van der Waals surface area contributed by atoms with Gasteiger partial charge in [0.1, 0.15) is 28.0 Å². The Hall–Kier alpha value is -2.65. The second-order valence-corrected chi connectivity index (χ2v) is 34.6. The van der Waals surface area contributed by atoms with Crippen molar-refractivity contribution >= 4 is 29.8 Å². The summed E-state index contributed by atoms with van der Waals surface area (Å²) in [7, 11) is 0. The van der Waals surface area contributed by atoms with Gasteiger partial charge in [0, 0.05) is 0 Å². The van der Waals surface area contributed by atoms with Crippen molar-refractivity contribution in [2.24, 2.45) is 148 Å². The fourth-order valence-electron chi connectivity index (χ4n) is 25.8. The van der Waals surface area contributed by atoms with Crippen molar-refractivity contribution < 1.29 is 47.7 Å². The van der Waals surface area contributed by atoms with Crippen LogP contribution in [0, 0.1) is 148 Å². The fourth-order valence-corrected chi connectivity index (χ4v) is 25.8. The van der Waals surface area contributed by atoms with E-state index < -0.39 is 57.6 Å². The van der Waals surface area contributed by atoms with E-state index >= 15 is 19.2 Å². The molecule has 454 valence electrons. The van der Waals surface area contributed by atoms with Crippen molar-refractivity contribution in [3.8, 4) is 0 Å². The molecule has 20 bridgehead atoms. The minimum absolute atomic E-state index is 0.0924. The molecule has 5 unspecified atom stereocenters. The first-order valence-corrected chi connectivity index (χ1v) is 35.3. The molecule has 10 nitrogen and oxygen atoms in total. The molecule has 20 aliphatic rings. The lowest BCUT2D eigenvalue weighted by Crippen LogP contribution is -2.59. The van der Waals surface area contributed by atoms with Gasteiger partial charge in [-0.3, -0.25) is 24.0 Å². The van der Waals surface area contributed by atoms with Crippen LogP contribution in [0.25, 0.3) is 0 Å². The largest absolute Gasteiger partial charge is 0.459 e. The van der Waals surface area contributed by atoms with Crippen molar-refractivity contribution in [1.82, 2.24) is 0 Å². The van der Waals surface area contributed by atoms with Crippen molar-refractivity contribution in [3.63, 3.8) is 0 Å². The Bertz CT molecular complexity index is 2380. The van der Waals surface area contributed by atoms with Gasteiger partial charge in [0.2, 0.25) is 0 Å². The second kappa shape index (κ2) is 20.2. The summed E-state index contributed by atoms with van der Waals surface area (Å²) in [5.41, 5.74) is -2.92. The second-order valence-electron chi connectivity index (χ2n) is 34.6. The maximum absolute atomic E-state index is 16.1. The first kappa shape index (κ1) is 55.9. The number of rotatable bonds is 19. The van der Waals surface area contributed by atoms with Crippen molar-refractivity contribution in [1.29, 1.82) is 0 Å². The molecule has 0 aliphatic heterocycles. The summed E-state index contributed by atoms with van der Waals surface area (Å²) in [5.74, 6) is 5.02. The first-order chi connectivity index (χ1) is 39.1. The Kier molecular flexibility index (Phi) is 13.8. The molecule has 20 rings (SSSR count). The minimum atomic E-state index is -0.887. The quantitative estimate of drug-likeness (QED) is 0.0910. The number of ether oxygens (including phenoxy) is 5. The van der Waals surface area contributed by atoms with Crippen molar-refractivity contribution in [2.75, 3.05) is 0 Å². The van der Waals surface area contributed by atoms with Crippen LogP contribution in [0.2, 0.25) is 0 Å². The first-order valence-electron chi connectivity index (χ1n) is 35.3. The molecule has 20 fully saturated rings. The van der Waals surface area contributed by atoms with Gasteiger partial charge < -0.3 is 23.7 Å². The average Bonchev–Trinajstić information content (AvgIpc) is 2.69. The van der Waals surface area contributed by atoms with Gasteiger partial charge in [-0.15, -0.1) is 0 Å². The summed E-state index contributed by atoms with van der Waals surface area (Å²) >= 11 is 0. The van der Waals surface area contributed by atoms with E-state index in [1.54, 1.807) is 0 Å². The molecule has 0 saturated heterocycles. The molecule has 0 aromatic carbocycles. The van der Waals surface area contributed by atoms with Gasteiger partial charge in [-0.1, -0.05) is 13.8 Å². The van der Waals surface area contributed by atoms with Crippen molar-refractivity contribution in [3.05, 3.63) is 0 Å². The van der Waals surface area contributed by atoms with Crippen LogP contribution in [0.3, 0.4) is 0 Å². The van der Waals surface area contributed by atoms with E-state index in [4.69, 9.17) is 23.7 Å². The Morgan fingerprint density at radius 3 is 0.659 bits per heavy atom. The maximum Gasteiger partial charge on any atom is 0.309 e. The lowest BCUT2D eigenvalue weighted by Gasteiger charge is -2.59. The Morgan fingerprint density at radius 2 is 0.451 bits per heavy atom. The van der Waals surface area contributed by atoms with Gasteiger partial charge in [-0.25, -0.2) is 0 Å². The van der Waals surface area contributed by atoms with Gasteiger partial charge in [-0.05, 0) is 346 Å². The van der Waals surface area contributed by atoms with Gasteiger partial charge in [0.05, 0.1) is 29.6 Å². The number of carbonyl (C=O) groups is 5. The molecule has 82 heavy (non-hydrogen) atoms. The van der Waals surface area contributed by atoms with Gasteiger partial charge in [0.15, 0.2) is 0 Å². The van der Waals surface area contributed by atoms with Crippen LogP contribution in [-0.2, 0) is 47.7 Å². The molecule has 10 heteroatoms. The highest BCUT2D eigenvalue weighted by atomic mass is 16.6. The van der Waals surface area contributed by atoms with E-state index in [0.29, 0.717) is 89.3 Å². The topological polar surface area (TPSA) is 132 Å². The molecule has 0 aromatic heterocycles. The number of hydrogen-bond donors (Lipinski definition) is 0. The highest BCUT2D eigenvalue weighted by molar-refractivity contribution is 5.80. The summed E-state index contributed by atoms with van der Waals surface area (Å²) in [5, 5.41) is 0. The SMILES string of the molecule is CCC(CC(CC(CC(CC(C)C(=O)OC1(C)C2CC3CC(C2)CC1C3)C(=O)OC1(C)C2CC3CC(C2)CC1C3)C(=O)OC1(C)C2CC3CC(C2)CC1C3)C(=O)OC1(C)C2CC3CC(C2)CC1C3)C(=O)OC1(C)C2CC3CC(C2)CC1C3. The maximum atomic E-state index is 16.1. The summed E-state index contributed by atoms with van der Waals surface area (Å²) in [6.07, 6.45) is 29.5. The van der Waals surface area contributed by atoms with Crippen molar-refractivity contribution in [2.45, 2.75) is 269 Å². The Morgan fingerprint density at radius 1 is 0.280 bits per heavy atom. The van der Waals surface area contributed by atoms with Crippen LogP contribution in [0.15, 0.2) is 0 Å². The van der Waals surface area contributed by atoms with E-state index in [9.17, 15) is 4.79 Å². The lowest BCUT2D eigenvalue weighted by molar-refractivity contribution is -0.213. The highest BCUT2D eigenvalue weighted by Crippen LogP contribution is 2.65. The summed E-state index contributed by atoms with van der Waals surface area (Å²) < 4.78 is 35.1. The number of hydrogen-bond acceptors (Lipinski definition) is 10. The van der Waals surface area contributed by atoms with Gasteiger partial charge in [0.25, 0.3) is 0 Å². The predicted molar refractivity (Wildman–Crippen MR) is 310 cm³/mol. The zero-order valence-corrected chi connectivity index (χ0v) is 51.7. The molecular formula is C72H106O10. The van der Waals surface area contributed by atoms with Crippen LogP contribution in [0.5, 0.6) is 0 Å². The zero-order valence-electron chi connectivity index (χ0n) is 51.7. The molecule has 0 radical (unpaired) electrons. The van der Waals surface area contributed by atoms with Crippen LogP contribution < -0.4 is 0 Å². The monoisotopic (exact) mass is 1130 g/mol. The van der Waals surface area contributed by atoms with Crippen LogP contribution >= 0.6 is 0 Å². The molecule has 20 saturated carbocycles. The molecule has 20 aliphatic carbocycles. The van der Waals surface area contributed by atoms with E-state index in [2.05, 4.69) is 34.6 Å². The predicted octanol–water partition coefficient (Wildman–Crippen LogP) is 14.8. The molecule has 0 spiro atoms. The standard InChI is InChI=1S/C72H106O10/c1-8-49(64(74)79-69(4)55-19-41-11-42(21-55)22-56(69)20-41)35-51(66(76)81-71(6)59-27-45-13-46(29-59)30-60(71)28-45)37-52(67(77)82-72(7)61-31-47-14-48(33-61)34-62(72)32-47)36-50(65(75)80-70(5)57-23-43-12-44(25-57)26-58(70)24-43)9-38(2)63(73)78-68(3)53-15-39-10-40(17-53)18-54(68)16-39/h38-62H,8-37H2,1-7H3. The van der Waals surface area contributed by atoms with E-state index in [1.807, 2.05) is 13.8 Å².